The van der Waals surface area contributed by atoms with Gasteiger partial charge in [-0.25, -0.2) is 14.5 Å². The lowest BCUT2D eigenvalue weighted by Gasteiger charge is -2.45. The van der Waals surface area contributed by atoms with Gasteiger partial charge in [0.25, 0.3) is 0 Å². The number of rotatable bonds is 5. The topological polar surface area (TPSA) is 77.3 Å². The summed E-state index contributed by atoms with van der Waals surface area (Å²) in [5, 5.41) is 4.59. The first-order valence-electron chi connectivity index (χ1n) is 11.5. The number of hydrogen-bond donors (Lipinski definition) is 1. The Morgan fingerprint density at radius 3 is 2.56 bits per heavy atom. The molecule has 0 radical (unpaired) electrons. The Bertz CT molecular complexity index is 1560. The van der Waals surface area contributed by atoms with Crippen molar-refractivity contribution in [3.8, 4) is 11.4 Å². The van der Waals surface area contributed by atoms with Gasteiger partial charge in [-0.2, -0.15) is 18.3 Å². The van der Waals surface area contributed by atoms with Crippen LogP contribution < -0.4 is 0 Å². The summed E-state index contributed by atoms with van der Waals surface area (Å²) in [5.41, 5.74) is 2.41. The summed E-state index contributed by atoms with van der Waals surface area (Å²) < 4.78 is 53.1. The third-order valence-corrected chi connectivity index (χ3v) is 6.62. The van der Waals surface area contributed by atoms with Crippen molar-refractivity contribution in [3.63, 3.8) is 0 Å². The predicted molar refractivity (Wildman–Crippen MR) is 126 cm³/mol. The third kappa shape index (κ3) is 3.73. The molecule has 36 heavy (non-hydrogen) atoms. The number of fused-ring (bicyclic) bond motifs is 2. The van der Waals surface area contributed by atoms with Gasteiger partial charge >= 0.3 is 6.18 Å². The molecule has 1 N–H and O–H groups in total. The summed E-state index contributed by atoms with van der Waals surface area (Å²) in [6, 6.07) is 15.4. The summed E-state index contributed by atoms with van der Waals surface area (Å²) >= 11 is 0. The zero-order valence-corrected chi connectivity index (χ0v) is 19.5. The van der Waals surface area contributed by atoms with E-state index < -0.39 is 23.4 Å². The monoisotopic (exact) mass is 493 g/mol. The Morgan fingerprint density at radius 1 is 1.06 bits per heavy atom. The van der Waals surface area contributed by atoms with Gasteiger partial charge in [-0.15, -0.1) is 0 Å². The van der Waals surface area contributed by atoms with Gasteiger partial charge < -0.3 is 14.5 Å². The summed E-state index contributed by atoms with van der Waals surface area (Å²) in [5.74, 6) is 0.388. The van der Waals surface area contributed by atoms with E-state index in [-0.39, 0.29) is 11.8 Å². The molecule has 3 aromatic heterocycles. The second kappa shape index (κ2) is 8.14. The highest BCUT2D eigenvalue weighted by Gasteiger charge is 2.47. The first-order valence-corrected chi connectivity index (χ1v) is 11.5. The van der Waals surface area contributed by atoms with Gasteiger partial charge in [-0.3, -0.25) is 0 Å². The van der Waals surface area contributed by atoms with E-state index in [0.29, 0.717) is 29.0 Å². The molecule has 1 aliphatic rings. The fourth-order valence-electron chi connectivity index (χ4n) is 4.78. The Kier molecular flexibility index (Phi) is 5.13. The van der Waals surface area contributed by atoms with Crippen molar-refractivity contribution in [1.82, 2.24) is 24.6 Å². The lowest BCUT2D eigenvalue weighted by Crippen LogP contribution is -2.53. The normalized spacial score (nSPS) is 19.9. The molecule has 7 nitrogen and oxygen atoms in total. The van der Waals surface area contributed by atoms with Crippen LogP contribution in [0.4, 0.5) is 13.2 Å². The van der Waals surface area contributed by atoms with Crippen LogP contribution in [-0.4, -0.2) is 37.1 Å². The molecule has 1 fully saturated rings. The van der Waals surface area contributed by atoms with Crippen LogP contribution in [0.5, 0.6) is 0 Å². The standard InChI is InChI=1S/C26H22F3N5O2/c1-15-35-24(36-15)25(2,13-16-6-4-3-5-7-16)21-10-11-30-23-18(14-31-34(21)23)22-32-19-9-8-17(26(27,28)29)12-20(19)33-22/h3-12,14-15,24H,13H2,1-2H3,(H,32,33). The van der Waals surface area contributed by atoms with Crippen molar-refractivity contribution < 1.29 is 22.6 Å². The van der Waals surface area contributed by atoms with E-state index in [2.05, 4.69) is 39.1 Å². The fourth-order valence-corrected chi connectivity index (χ4v) is 4.78. The average molecular weight is 493 g/mol. The van der Waals surface area contributed by atoms with E-state index in [1.807, 2.05) is 31.2 Å². The van der Waals surface area contributed by atoms with E-state index in [4.69, 9.17) is 9.47 Å². The summed E-state index contributed by atoms with van der Waals surface area (Å²) in [7, 11) is 0. The number of nitrogens with zero attached hydrogens (tertiary/aromatic N) is 4. The molecule has 0 aliphatic carbocycles. The molecule has 6 rings (SSSR count). The minimum atomic E-state index is -4.44. The number of imidazole rings is 1. The minimum absolute atomic E-state index is 0.287. The molecule has 1 aliphatic heterocycles. The molecule has 0 amide bonds. The van der Waals surface area contributed by atoms with E-state index in [1.54, 1.807) is 16.9 Å². The van der Waals surface area contributed by atoms with Crippen LogP contribution in [0.3, 0.4) is 0 Å². The molecule has 0 spiro atoms. The molecule has 4 heterocycles. The molecule has 1 atom stereocenters. The lowest BCUT2D eigenvalue weighted by atomic mass is 9.78. The van der Waals surface area contributed by atoms with Gasteiger partial charge in [-0.1, -0.05) is 30.3 Å². The Balaban J connectivity index is 1.45. The Hall–Kier alpha value is -3.76. The van der Waals surface area contributed by atoms with Crippen molar-refractivity contribution in [2.75, 3.05) is 0 Å². The molecule has 184 valence electrons. The number of halogens is 3. The molecular weight excluding hydrogens is 471 g/mol. The smallest absolute Gasteiger partial charge is 0.338 e. The maximum Gasteiger partial charge on any atom is 0.416 e. The van der Waals surface area contributed by atoms with E-state index >= 15 is 0 Å². The molecule has 1 saturated heterocycles. The van der Waals surface area contributed by atoms with E-state index in [9.17, 15) is 13.2 Å². The molecule has 2 aromatic carbocycles. The van der Waals surface area contributed by atoms with Crippen LogP contribution in [0.1, 0.15) is 30.7 Å². The number of hydrogen-bond acceptors (Lipinski definition) is 5. The van der Waals surface area contributed by atoms with Gasteiger partial charge in [0.15, 0.2) is 18.2 Å². The number of aromatic amines is 1. The molecule has 0 bridgehead atoms. The number of alkyl halides is 3. The quantitative estimate of drug-likeness (QED) is 0.349. The molecule has 1 unspecified atom stereocenters. The maximum absolute atomic E-state index is 13.2. The van der Waals surface area contributed by atoms with Crippen LogP contribution in [0.15, 0.2) is 67.0 Å². The third-order valence-electron chi connectivity index (χ3n) is 6.62. The molecule has 10 heteroatoms. The Morgan fingerprint density at radius 2 is 1.83 bits per heavy atom. The van der Waals surface area contributed by atoms with Crippen LogP contribution >= 0.6 is 0 Å². The van der Waals surface area contributed by atoms with Gasteiger partial charge in [0, 0.05) is 6.20 Å². The zero-order valence-electron chi connectivity index (χ0n) is 19.5. The van der Waals surface area contributed by atoms with Crippen molar-refractivity contribution in [2.24, 2.45) is 0 Å². The van der Waals surface area contributed by atoms with Crippen LogP contribution in [0, 0.1) is 0 Å². The van der Waals surface area contributed by atoms with Crippen molar-refractivity contribution in [1.29, 1.82) is 0 Å². The van der Waals surface area contributed by atoms with Gasteiger partial charge in [0.1, 0.15) is 5.82 Å². The number of nitrogens with one attached hydrogen (secondary N) is 1. The average Bonchev–Trinajstić information content (AvgIpc) is 3.45. The highest BCUT2D eigenvalue weighted by molar-refractivity contribution is 5.83. The summed E-state index contributed by atoms with van der Waals surface area (Å²) in [4.78, 5) is 12.0. The zero-order chi connectivity index (χ0) is 25.1. The second-order valence-electron chi connectivity index (χ2n) is 9.19. The largest absolute Gasteiger partial charge is 0.416 e. The van der Waals surface area contributed by atoms with E-state index in [0.717, 1.165) is 23.4 Å². The SMILES string of the molecule is CC1OC(C(C)(Cc2ccccc2)c2ccnc3c(-c4nc5ccc(C(F)(F)F)cc5[nH]4)cnn23)O1. The number of H-pyrrole nitrogens is 1. The maximum atomic E-state index is 13.2. The molecule has 0 saturated carbocycles. The highest BCUT2D eigenvalue weighted by atomic mass is 19.4. The van der Waals surface area contributed by atoms with Crippen molar-refractivity contribution >= 4 is 16.7 Å². The lowest BCUT2D eigenvalue weighted by molar-refractivity contribution is -0.396. The second-order valence-corrected chi connectivity index (χ2v) is 9.19. The molecular formula is C26H22F3N5O2. The van der Waals surface area contributed by atoms with Crippen molar-refractivity contribution in [3.05, 3.63) is 83.8 Å². The summed E-state index contributed by atoms with van der Waals surface area (Å²) in [6.07, 6.45) is -1.30. The Labute approximate surface area is 203 Å². The van der Waals surface area contributed by atoms with Gasteiger partial charge in [-0.05, 0) is 50.1 Å². The van der Waals surface area contributed by atoms with Crippen LogP contribution in [0.25, 0.3) is 28.1 Å². The number of aromatic nitrogens is 5. The first-order chi connectivity index (χ1) is 17.2. The van der Waals surface area contributed by atoms with Gasteiger partial charge in [0.05, 0.1) is 39.5 Å². The number of benzene rings is 2. The van der Waals surface area contributed by atoms with Gasteiger partial charge in [0.2, 0.25) is 0 Å². The van der Waals surface area contributed by atoms with Crippen molar-refractivity contribution in [2.45, 2.75) is 44.4 Å². The van der Waals surface area contributed by atoms with Crippen LogP contribution in [0.2, 0.25) is 0 Å². The molecule has 5 aromatic rings. The number of ether oxygens (including phenoxy) is 2. The van der Waals surface area contributed by atoms with E-state index in [1.165, 1.54) is 6.07 Å². The predicted octanol–water partition coefficient (Wildman–Crippen LogP) is 5.51. The summed E-state index contributed by atoms with van der Waals surface area (Å²) in [6.45, 7) is 3.91. The highest BCUT2D eigenvalue weighted by Crippen LogP contribution is 2.40. The fraction of sp³-hybridized carbons (Fsp3) is 0.269. The minimum Gasteiger partial charge on any atom is -0.338 e. The van der Waals surface area contributed by atoms with Crippen LogP contribution in [-0.2, 0) is 27.5 Å². The first kappa shape index (κ1) is 22.7.